The molecule has 0 atom stereocenters. The summed E-state index contributed by atoms with van der Waals surface area (Å²) < 4.78 is 9.30. The van der Waals surface area contributed by atoms with Gasteiger partial charge in [-0.25, -0.2) is 4.98 Å². The molecule has 7 heteroatoms. The van der Waals surface area contributed by atoms with Crippen molar-refractivity contribution >= 4 is 44.3 Å². The summed E-state index contributed by atoms with van der Waals surface area (Å²) in [5.41, 5.74) is 1.21. The van der Waals surface area contributed by atoms with Gasteiger partial charge in [0.05, 0.1) is 22.4 Å². The highest BCUT2D eigenvalue weighted by atomic mass is 79.9. The van der Waals surface area contributed by atoms with Crippen LogP contribution in [-0.2, 0) is 13.1 Å². The van der Waals surface area contributed by atoms with Crippen molar-refractivity contribution in [3.8, 4) is 5.75 Å². The van der Waals surface area contributed by atoms with Gasteiger partial charge in [0.1, 0.15) is 5.75 Å². The fourth-order valence-corrected chi connectivity index (χ4v) is 3.55. The van der Waals surface area contributed by atoms with Crippen LogP contribution in [0.15, 0.2) is 39.8 Å². The van der Waals surface area contributed by atoms with Crippen LogP contribution < -0.4 is 10.1 Å². The minimum atomic E-state index is 0. The zero-order chi connectivity index (χ0) is 14.4. The average Bonchev–Trinajstić information content (AvgIpc) is 2.91. The van der Waals surface area contributed by atoms with Crippen molar-refractivity contribution in [2.24, 2.45) is 0 Å². The predicted molar refractivity (Wildman–Crippen MR) is 94.2 cm³/mol. The van der Waals surface area contributed by atoms with Crippen molar-refractivity contribution in [3.63, 3.8) is 0 Å². The molecule has 116 valence electrons. The smallest absolute Gasteiger partial charge is 0.147 e. The Kier molecular flexibility index (Phi) is 8.33. The molecule has 0 aliphatic heterocycles. The Balaban J connectivity index is 0.00000220. The van der Waals surface area contributed by atoms with E-state index in [1.165, 1.54) is 5.56 Å². The highest BCUT2D eigenvalue weighted by Crippen LogP contribution is 2.34. The first kappa shape index (κ1) is 18.5. The van der Waals surface area contributed by atoms with Crippen LogP contribution in [0.5, 0.6) is 5.75 Å². The molecular weight excluding hydrogens is 421 g/mol. The second kappa shape index (κ2) is 9.46. The normalized spacial score (nSPS) is 10.2. The van der Waals surface area contributed by atoms with Gasteiger partial charge in [-0.2, -0.15) is 0 Å². The molecule has 0 fully saturated rings. The SMILES string of the molecule is COc1c(Br)cc(CNCCCn2ccnc2)cc1Br.Cl. The molecule has 2 aromatic rings. The van der Waals surface area contributed by atoms with Crippen LogP contribution in [0.1, 0.15) is 12.0 Å². The molecule has 0 bridgehead atoms. The maximum atomic E-state index is 5.29. The van der Waals surface area contributed by atoms with Gasteiger partial charge in [-0.3, -0.25) is 0 Å². The lowest BCUT2D eigenvalue weighted by atomic mass is 10.2. The number of ether oxygens (including phenoxy) is 1. The lowest BCUT2D eigenvalue weighted by molar-refractivity contribution is 0.409. The van der Waals surface area contributed by atoms with Crippen LogP contribution in [0.3, 0.4) is 0 Å². The highest BCUT2D eigenvalue weighted by Gasteiger charge is 2.07. The summed E-state index contributed by atoms with van der Waals surface area (Å²) in [5.74, 6) is 0.828. The molecule has 0 saturated carbocycles. The molecule has 1 aromatic carbocycles. The second-order valence-electron chi connectivity index (χ2n) is 4.42. The first-order valence-electron chi connectivity index (χ1n) is 6.39. The van der Waals surface area contributed by atoms with Crippen molar-refractivity contribution in [2.75, 3.05) is 13.7 Å². The molecule has 1 N–H and O–H groups in total. The fourth-order valence-electron chi connectivity index (χ4n) is 1.95. The predicted octanol–water partition coefficient (Wildman–Crippen LogP) is 4.02. The monoisotopic (exact) mass is 437 g/mol. The van der Waals surface area contributed by atoms with E-state index in [1.807, 2.05) is 12.5 Å². The Morgan fingerprint density at radius 1 is 1.29 bits per heavy atom. The number of imidazole rings is 1. The Hall–Kier alpha value is -0.560. The van der Waals surface area contributed by atoms with Gasteiger partial charge >= 0.3 is 0 Å². The molecule has 0 spiro atoms. The van der Waals surface area contributed by atoms with Gasteiger partial charge < -0.3 is 14.6 Å². The average molecular weight is 440 g/mol. The Labute approximate surface area is 148 Å². The van der Waals surface area contributed by atoms with Gasteiger partial charge in [0.15, 0.2) is 0 Å². The van der Waals surface area contributed by atoms with E-state index in [2.05, 4.69) is 58.9 Å². The van der Waals surface area contributed by atoms with Crippen LogP contribution >= 0.6 is 44.3 Å². The first-order chi connectivity index (χ1) is 9.70. The third kappa shape index (κ3) is 5.62. The van der Waals surface area contributed by atoms with Crippen molar-refractivity contribution in [1.82, 2.24) is 14.9 Å². The molecule has 2 rings (SSSR count). The van der Waals surface area contributed by atoms with E-state index in [1.54, 1.807) is 13.3 Å². The van der Waals surface area contributed by atoms with E-state index in [0.29, 0.717) is 0 Å². The van der Waals surface area contributed by atoms with Gasteiger partial charge in [0.25, 0.3) is 0 Å². The van der Waals surface area contributed by atoms with Gasteiger partial charge in [-0.15, -0.1) is 12.4 Å². The van der Waals surface area contributed by atoms with E-state index in [0.717, 1.165) is 40.8 Å². The third-order valence-electron chi connectivity index (χ3n) is 2.92. The number of benzene rings is 1. The Morgan fingerprint density at radius 2 is 2.00 bits per heavy atom. The molecule has 0 amide bonds. The fraction of sp³-hybridized carbons (Fsp3) is 0.357. The number of aryl methyl sites for hydroxylation is 1. The van der Waals surface area contributed by atoms with Gasteiger partial charge in [-0.1, -0.05) is 0 Å². The van der Waals surface area contributed by atoms with Crippen LogP contribution in [0, 0.1) is 0 Å². The van der Waals surface area contributed by atoms with Crippen LogP contribution in [0.4, 0.5) is 0 Å². The quantitative estimate of drug-likeness (QED) is 0.663. The Bertz CT molecular complexity index is 526. The van der Waals surface area contributed by atoms with E-state index in [9.17, 15) is 0 Å². The number of aromatic nitrogens is 2. The lowest BCUT2D eigenvalue weighted by Gasteiger charge is -2.10. The number of halogens is 3. The molecule has 21 heavy (non-hydrogen) atoms. The minimum Gasteiger partial charge on any atom is -0.494 e. The zero-order valence-electron chi connectivity index (χ0n) is 11.7. The van der Waals surface area contributed by atoms with E-state index >= 15 is 0 Å². The summed E-state index contributed by atoms with van der Waals surface area (Å²) in [4.78, 5) is 4.02. The van der Waals surface area contributed by atoms with Crippen molar-refractivity contribution in [3.05, 3.63) is 45.4 Å². The standard InChI is InChI=1S/C14H17Br2N3O.ClH/c1-20-14-12(15)7-11(8-13(14)16)9-17-3-2-5-19-6-4-18-10-19;/h4,6-8,10,17H,2-3,5,9H2,1H3;1H. The van der Waals surface area contributed by atoms with Crippen molar-refractivity contribution < 1.29 is 4.74 Å². The number of hydrogen-bond donors (Lipinski definition) is 1. The van der Waals surface area contributed by atoms with Crippen LogP contribution in [-0.4, -0.2) is 23.2 Å². The van der Waals surface area contributed by atoms with Gasteiger partial charge in [0.2, 0.25) is 0 Å². The Morgan fingerprint density at radius 3 is 2.57 bits per heavy atom. The van der Waals surface area contributed by atoms with E-state index in [4.69, 9.17) is 4.74 Å². The molecular formula is C14H18Br2ClN3O. The number of rotatable bonds is 7. The largest absolute Gasteiger partial charge is 0.494 e. The summed E-state index contributed by atoms with van der Waals surface area (Å²) in [6.07, 6.45) is 6.71. The summed E-state index contributed by atoms with van der Waals surface area (Å²) in [7, 11) is 1.67. The molecule has 0 aliphatic carbocycles. The number of methoxy groups -OCH3 is 1. The van der Waals surface area contributed by atoms with Crippen molar-refractivity contribution in [1.29, 1.82) is 0 Å². The van der Waals surface area contributed by atoms with Gasteiger partial charge in [0, 0.05) is 25.5 Å². The molecule has 1 aromatic heterocycles. The van der Waals surface area contributed by atoms with E-state index in [-0.39, 0.29) is 12.4 Å². The number of hydrogen-bond acceptors (Lipinski definition) is 3. The van der Waals surface area contributed by atoms with Gasteiger partial charge in [-0.05, 0) is 62.5 Å². The van der Waals surface area contributed by atoms with Crippen LogP contribution in [0.2, 0.25) is 0 Å². The summed E-state index contributed by atoms with van der Waals surface area (Å²) in [6.45, 7) is 2.80. The molecule has 4 nitrogen and oxygen atoms in total. The molecule has 0 unspecified atom stereocenters. The maximum absolute atomic E-state index is 5.29. The maximum Gasteiger partial charge on any atom is 0.147 e. The van der Waals surface area contributed by atoms with E-state index < -0.39 is 0 Å². The third-order valence-corrected chi connectivity index (χ3v) is 4.10. The van der Waals surface area contributed by atoms with Crippen LogP contribution in [0.25, 0.3) is 0 Å². The second-order valence-corrected chi connectivity index (χ2v) is 6.13. The number of nitrogens with zero attached hydrogens (tertiary/aromatic N) is 2. The molecule has 0 aliphatic rings. The summed E-state index contributed by atoms with van der Waals surface area (Å²) in [5, 5.41) is 3.44. The molecule has 0 saturated heterocycles. The molecule has 1 heterocycles. The topological polar surface area (TPSA) is 39.1 Å². The molecule has 0 radical (unpaired) electrons. The zero-order valence-corrected chi connectivity index (χ0v) is 15.7. The lowest BCUT2D eigenvalue weighted by Crippen LogP contribution is -2.16. The summed E-state index contributed by atoms with van der Waals surface area (Å²) >= 11 is 7.03. The first-order valence-corrected chi connectivity index (χ1v) is 7.97. The highest BCUT2D eigenvalue weighted by molar-refractivity contribution is 9.11. The minimum absolute atomic E-state index is 0. The summed E-state index contributed by atoms with van der Waals surface area (Å²) in [6, 6.07) is 4.15. The van der Waals surface area contributed by atoms with Crippen molar-refractivity contribution in [2.45, 2.75) is 19.5 Å². The number of nitrogens with one attached hydrogen (secondary N) is 1.